The number of aryl methyl sites for hydroxylation is 1. The first-order valence-electron chi connectivity index (χ1n) is 3.81. The van der Waals surface area contributed by atoms with Gasteiger partial charge < -0.3 is 10.2 Å². The normalized spacial score (nSPS) is 10.8. The Bertz CT molecular complexity index is 290. The van der Waals surface area contributed by atoms with Crippen LogP contribution in [0.5, 0.6) is 5.75 Å². The van der Waals surface area contributed by atoms with Crippen molar-refractivity contribution in [2.45, 2.75) is 6.92 Å². The second-order valence-electron chi connectivity index (χ2n) is 2.65. The van der Waals surface area contributed by atoms with Crippen LogP contribution >= 0.6 is 0 Å². The Morgan fingerprint density at radius 1 is 1.42 bits per heavy atom. The second-order valence-corrected chi connectivity index (χ2v) is 2.65. The third-order valence-corrected chi connectivity index (χ3v) is 1.59. The first-order valence-corrected chi connectivity index (χ1v) is 3.81. The van der Waals surface area contributed by atoms with Crippen molar-refractivity contribution in [1.29, 1.82) is 0 Å². The zero-order chi connectivity index (χ0) is 8.97. The van der Waals surface area contributed by atoms with Crippen LogP contribution in [0.15, 0.2) is 24.3 Å². The van der Waals surface area contributed by atoms with Crippen molar-refractivity contribution < 1.29 is 10.2 Å². The molecule has 0 aromatic heterocycles. The maximum Gasteiger partial charge on any atom is 0.123 e. The van der Waals surface area contributed by atoms with Gasteiger partial charge in [0.05, 0.1) is 6.61 Å². The minimum absolute atomic E-state index is 0.00663. The molecule has 0 atom stereocenters. The highest BCUT2D eigenvalue weighted by Gasteiger charge is 1.95. The third-order valence-electron chi connectivity index (χ3n) is 1.59. The van der Waals surface area contributed by atoms with E-state index in [9.17, 15) is 5.11 Å². The molecule has 0 spiro atoms. The minimum atomic E-state index is -0.00663. The van der Waals surface area contributed by atoms with Gasteiger partial charge in [-0.05, 0) is 18.6 Å². The summed E-state index contributed by atoms with van der Waals surface area (Å²) < 4.78 is 0. The molecule has 0 unspecified atom stereocenters. The van der Waals surface area contributed by atoms with Crippen LogP contribution in [0.4, 0.5) is 0 Å². The van der Waals surface area contributed by atoms with Crippen LogP contribution in [0.3, 0.4) is 0 Å². The van der Waals surface area contributed by atoms with E-state index in [2.05, 4.69) is 0 Å². The standard InChI is InChI=1S/C10H12O2/c1-8-4-5-9(3-2-6-11)10(12)7-8/h2-5,7,11-12H,6H2,1H3/b3-2-. The first kappa shape index (κ1) is 8.81. The summed E-state index contributed by atoms with van der Waals surface area (Å²) in [4.78, 5) is 0. The van der Waals surface area contributed by atoms with Gasteiger partial charge in [-0.1, -0.05) is 24.3 Å². The number of rotatable bonds is 2. The summed E-state index contributed by atoms with van der Waals surface area (Å²) in [5, 5.41) is 17.9. The number of aromatic hydroxyl groups is 1. The topological polar surface area (TPSA) is 40.5 Å². The van der Waals surface area contributed by atoms with Gasteiger partial charge in [0.1, 0.15) is 5.75 Å². The van der Waals surface area contributed by atoms with Crippen molar-refractivity contribution in [2.75, 3.05) is 6.61 Å². The van der Waals surface area contributed by atoms with Gasteiger partial charge in [0, 0.05) is 5.56 Å². The lowest BCUT2D eigenvalue weighted by Crippen LogP contribution is -1.78. The number of benzene rings is 1. The monoisotopic (exact) mass is 164 g/mol. The van der Waals surface area contributed by atoms with E-state index in [-0.39, 0.29) is 12.4 Å². The van der Waals surface area contributed by atoms with Crippen LogP contribution in [0.25, 0.3) is 6.08 Å². The number of hydrogen-bond acceptors (Lipinski definition) is 2. The van der Waals surface area contributed by atoms with E-state index < -0.39 is 0 Å². The van der Waals surface area contributed by atoms with E-state index in [4.69, 9.17) is 5.11 Å². The summed E-state index contributed by atoms with van der Waals surface area (Å²) in [6.45, 7) is 1.91. The van der Waals surface area contributed by atoms with Crippen LogP contribution in [0.1, 0.15) is 11.1 Å². The van der Waals surface area contributed by atoms with E-state index in [0.29, 0.717) is 0 Å². The maximum atomic E-state index is 9.39. The molecular weight excluding hydrogens is 152 g/mol. The van der Waals surface area contributed by atoms with Gasteiger partial charge in [-0.15, -0.1) is 0 Å². The quantitative estimate of drug-likeness (QED) is 0.698. The molecule has 1 aromatic rings. The number of phenols is 1. The summed E-state index contributed by atoms with van der Waals surface area (Å²) in [7, 11) is 0. The zero-order valence-electron chi connectivity index (χ0n) is 6.99. The lowest BCUT2D eigenvalue weighted by atomic mass is 10.1. The Hall–Kier alpha value is -1.28. The molecule has 1 rings (SSSR count). The van der Waals surface area contributed by atoms with Crippen molar-refractivity contribution in [3.63, 3.8) is 0 Å². The van der Waals surface area contributed by atoms with Gasteiger partial charge >= 0.3 is 0 Å². The molecule has 0 aliphatic rings. The molecule has 2 N–H and O–H groups in total. The Labute approximate surface area is 71.8 Å². The molecule has 64 valence electrons. The predicted molar refractivity (Wildman–Crippen MR) is 49.0 cm³/mol. The molecule has 0 aliphatic carbocycles. The Morgan fingerprint density at radius 3 is 2.75 bits per heavy atom. The molecule has 0 aliphatic heterocycles. The Balaban J connectivity index is 2.94. The van der Waals surface area contributed by atoms with Gasteiger partial charge in [0.25, 0.3) is 0 Å². The number of hydrogen-bond donors (Lipinski definition) is 2. The molecule has 0 saturated heterocycles. The summed E-state index contributed by atoms with van der Waals surface area (Å²) in [5.74, 6) is 0.250. The lowest BCUT2D eigenvalue weighted by Gasteiger charge is -1.99. The van der Waals surface area contributed by atoms with Crippen LogP contribution in [-0.2, 0) is 0 Å². The van der Waals surface area contributed by atoms with E-state index in [1.54, 1.807) is 18.2 Å². The molecule has 2 nitrogen and oxygen atoms in total. The Kier molecular flexibility index (Phi) is 2.88. The molecule has 1 aromatic carbocycles. The van der Waals surface area contributed by atoms with Crippen LogP contribution < -0.4 is 0 Å². The van der Waals surface area contributed by atoms with E-state index in [1.807, 2.05) is 19.1 Å². The molecule has 0 fully saturated rings. The molecule has 0 saturated carbocycles. The number of phenolic OH excluding ortho intramolecular Hbond substituents is 1. The third kappa shape index (κ3) is 2.10. The van der Waals surface area contributed by atoms with E-state index >= 15 is 0 Å². The highest BCUT2D eigenvalue weighted by Crippen LogP contribution is 2.19. The van der Waals surface area contributed by atoms with Crippen molar-refractivity contribution in [2.24, 2.45) is 0 Å². The average molecular weight is 164 g/mol. The SMILES string of the molecule is Cc1ccc(/C=C\CO)c(O)c1. The van der Waals surface area contributed by atoms with Gasteiger partial charge in [0.2, 0.25) is 0 Å². The van der Waals surface area contributed by atoms with Gasteiger partial charge in [-0.3, -0.25) is 0 Å². The molecule has 0 bridgehead atoms. The van der Waals surface area contributed by atoms with Crippen LogP contribution in [0.2, 0.25) is 0 Å². The summed E-state index contributed by atoms with van der Waals surface area (Å²) in [6.07, 6.45) is 3.28. The highest BCUT2D eigenvalue weighted by atomic mass is 16.3. The van der Waals surface area contributed by atoms with Crippen molar-refractivity contribution in [1.82, 2.24) is 0 Å². The predicted octanol–water partition coefficient (Wildman–Crippen LogP) is 1.71. The first-order chi connectivity index (χ1) is 5.74. The maximum absolute atomic E-state index is 9.39. The van der Waals surface area contributed by atoms with E-state index in [1.165, 1.54) is 0 Å². The largest absolute Gasteiger partial charge is 0.507 e. The van der Waals surface area contributed by atoms with E-state index in [0.717, 1.165) is 11.1 Å². The molecule has 12 heavy (non-hydrogen) atoms. The molecule has 0 radical (unpaired) electrons. The summed E-state index contributed by atoms with van der Waals surface area (Å²) in [6, 6.07) is 5.42. The number of aliphatic hydroxyl groups excluding tert-OH is 1. The fraction of sp³-hybridized carbons (Fsp3) is 0.200. The van der Waals surface area contributed by atoms with Gasteiger partial charge in [-0.25, -0.2) is 0 Å². The number of aliphatic hydroxyl groups is 1. The summed E-state index contributed by atoms with van der Waals surface area (Å²) in [5.41, 5.74) is 1.75. The van der Waals surface area contributed by atoms with Crippen molar-refractivity contribution in [3.8, 4) is 5.75 Å². The van der Waals surface area contributed by atoms with Crippen LogP contribution in [-0.4, -0.2) is 16.8 Å². The fourth-order valence-corrected chi connectivity index (χ4v) is 0.974. The molecule has 0 amide bonds. The smallest absolute Gasteiger partial charge is 0.123 e. The lowest BCUT2D eigenvalue weighted by molar-refractivity contribution is 0.343. The van der Waals surface area contributed by atoms with Crippen LogP contribution in [0, 0.1) is 6.92 Å². The second kappa shape index (κ2) is 3.93. The van der Waals surface area contributed by atoms with Crippen molar-refractivity contribution in [3.05, 3.63) is 35.4 Å². The molecular formula is C10H12O2. The fourth-order valence-electron chi connectivity index (χ4n) is 0.974. The average Bonchev–Trinajstić information content (AvgIpc) is 2.03. The molecule has 0 heterocycles. The minimum Gasteiger partial charge on any atom is -0.507 e. The van der Waals surface area contributed by atoms with Crippen molar-refractivity contribution >= 4 is 6.08 Å². The summed E-state index contributed by atoms with van der Waals surface area (Å²) >= 11 is 0. The highest BCUT2D eigenvalue weighted by molar-refractivity contribution is 5.57. The zero-order valence-corrected chi connectivity index (χ0v) is 6.99. The van der Waals surface area contributed by atoms with Gasteiger partial charge in [-0.2, -0.15) is 0 Å². The molecule has 2 heteroatoms. The van der Waals surface area contributed by atoms with Gasteiger partial charge in [0.15, 0.2) is 0 Å². The Morgan fingerprint density at radius 2 is 2.17 bits per heavy atom.